The maximum absolute atomic E-state index is 11.9. The third-order valence-corrected chi connectivity index (χ3v) is 4.09. The lowest BCUT2D eigenvalue weighted by molar-refractivity contribution is -0.164. The minimum atomic E-state index is -0.546. The molecular formula is C11H16O3. The molecule has 0 aromatic rings. The van der Waals surface area contributed by atoms with Gasteiger partial charge in [0.15, 0.2) is 0 Å². The van der Waals surface area contributed by atoms with Crippen molar-refractivity contribution in [3.8, 4) is 0 Å². The second-order valence-corrected chi connectivity index (χ2v) is 4.73. The molecule has 0 aromatic heterocycles. The Labute approximate surface area is 83.8 Å². The fraction of sp³-hybridized carbons (Fsp3) is 0.818. The molecule has 2 saturated heterocycles. The lowest BCUT2D eigenvalue weighted by Gasteiger charge is -2.39. The first-order valence-corrected chi connectivity index (χ1v) is 5.17. The van der Waals surface area contributed by atoms with Crippen molar-refractivity contribution in [2.75, 3.05) is 0 Å². The molecule has 0 saturated carbocycles. The summed E-state index contributed by atoms with van der Waals surface area (Å²) in [6.45, 7) is 5.66. The third-order valence-electron chi connectivity index (χ3n) is 4.09. The van der Waals surface area contributed by atoms with Gasteiger partial charge in [-0.15, -0.1) is 0 Å². The van der Waals surface area contributed by atoms with Crippen LogP contribution in [0.4, 0.5) is 0 Å². The van der Waals surface area contributed by atoms with Crippen molar-refractivity contribution in [1.29, 1.82) is 0 Å². The van der Waals surface area contributed by atoms with E-state index in [1.165, 1.54) is 0 Å². The SMILES string of the molecule is CC1C(=O)C(C)C2(C)OC1CC2C=O. The van der Waals surface area contributed by atoms with Crippen LogP contribution >= 0.6 is 0 Å². The smallest absolute Gasteiger partial charge is 0.143 e. The molecule has 2 aliphatic rings. The van der Waals surface area contributed by atoms with Gasteiger partial charge in [-0.05, 0) is 13.3 Å². The van der Waals surface area contributed by atoms with Gasteiger partial charge < -0.3 is 9.53 Å². The molecule has 0 amide bonds. The van der Waals surface area contributed by atoms with Crippen LogP contribution in [-0.4, -0.2) is 23.8 Å². The highest BCUT2D eigenvalue weighted by Crippen LogP contribution is 2.48. The predicted molar refractivity (Wildman–Crippen MR) is 50.8 cm³/mol. The van der Waals surface area contributed by atoms with Crippen molar-refractivity contribution in [3.05, 3.63) is 0 Å². The molecule has 0 aliphatic carbocycles. The Morgan fingerprint density at radius 1 is 1.50 bits per heavy atom. The molecule has 0 radical (unpaired) electrons. The first-order valence-electron chi connectivity index (χ1n) is 5.17. The van der Waals surface area contributed by atoms with Gasteiger partial charge >= 0.3 is 0 Å². The monoisotopic (exact) mass is 196 g/mol. The van der Waals surface area contributed by atoms with E-state index in [9.17, 15) is 9.59 Å². The van der Waals surface area contributed by atoms with Crippen molar-refractivity contribution in [3.63, 3.8) is 0 Å². The van der Waals surface area contributed by atoms with Crippen LogP contribution in [0.5, 0.6) is 0 Å². The summed E-state index contributed by atoms with van der Waals surface area (Å²) in [6.07, 6.45) is 1.61. The molecule has 5 atom stereocenters. The number of hydrogen-bond donors (Lipinski definition) is 0. The molecule has 2 bridgehead atoms. The molecule has 3 heteroatoms. The van der Waals surface area contributed by atoms with E-state index in [0.29, 0.717) is 6.42 Å². The van der Waals surface area contributed by atoms with E-state index in [0.717, 1.165) is 6.29 Å². The summed E-state index contributed by atoms with van der Waals surface area (Å²) >= 11 is 0. The van der Waals surface area contributed by atoms with Crippen molar-refractivity contribution < 1.29 is 14.3 Å². The first kappa shape index (κ1) is 9.84. The maximum atomic E-state index is 11.9. The Kier molecular flexibility index (Phi) is 2.03. The normalized spacial score (nSPS) is 52.1. The first-order chi connectivity index (χ1) is 6.50. The summed E-state index contributed by atoms with van der Waals surface area (Å²) in [5, 5.41) is 0. The van der Waals surface area contributed by atoms with E-state index in [1.54, 1.807) is 0 Å². The average Bonchev–Trinajstić information content (AvgIpc) is 2.49. The number of carbonyl (C=O) groups is 2. The molecule has 0 spiro atoms. The number of ether oxygens (including phenoxy) is 1. The van der Waals surface area contributed by atoms with Gasteiger partial charge in [-0.2, -0.15) is 0 Å². The van der Waals surface area contributed by atoms with Gasteiger partial charge in [0.1, 0.15) is 12.1 Å². The van der Waals surface area contributed by atoms with Gasteiger partial charge in [0, 0.05) is 17.8 Å². The fourth-order valence-corrected chi connectivity index (χ4v) is 2.73. The summed E-state index contributed by atoms with van der Waals surface area (Å²) < 4.78 is 5.83. The molecule has 2 fully saturated rings. The topological polar surface area (TPSA) is 43.4 Å². The predicted octanol–water partition coefficient (Wildman–Crippen LogP) is 1.20. The van der Waals surface area contributed by atoms with Gasteiger partial charge in [0.25, 0.3) is 0 Å². The number of hydrogen-bond acceptors (Lipinski definition) is 3. The molecular weight excluding hydrogens is 180 g/mol. The van der Waals surface area contributed by atoms with Crippen molar-refractivity contribution in [2.45, 2.75) is 38.9 Å². The molecule has 3 nitrogen and oxygen atoms in total. The average molecular weight is 196 g/mol. The second kappa shape index (κ2) is 2.89. The van der Waals surface area contributed by atoms with E-state index in [-0.39, 0.29) is 29.6 Å². The number of fused-ring (bicyclic) bond motifs is 2. The standard InChI is InChI=1S/C11H16O3/c1-6-9-4-8(5-12)11(3,14-9)7(2)10(6)13/h5-9H,4H2,1-3H3. The van der Waals surface area contributed by atoms with Gasteiger partial charge in [0.2, 0.25) is 0 Å². The number of aldehydes is 1. The Morgan fingerprint density at radius 3 is 2.71 bits per heavy atom. The number of rotatable bonds is 1. The van der Waals surface area contributed by atoms with Crippen molar-refractivity contribution >= 4 is 12.1 Å². The molecule has 2 heterocycles. The Bertz CT molecular complexity index is 286. The largest absolute Gasteiger partial charge is 0.370 e. The molecule has 2 rings (SSSR count). The molecule has 5 unspecified atom stereocenters. The summed E-state index contributed by atoms with van der Waals surface area (Å²) in [5.41, 5.74) is -0.546. The molecule has 0 aromatic carbocycles. The van der Waals surface area contributed by atoms with E-state index in [1.807, 2.05) is 20.8 Å². The highest BCUT2D eigenvalue weighted by atomic mass is 16.5. The van der Waals surface area contributed by atoms with Crippen LogP contribution < -0.4 is 0 Å². The fourth-order valence-electron chi connectivity index (χ4n) is 2.73. The lowest BCUT2D eigenvalue weighted by atomic mass is 9.77. The van der Waals surface area contributed by atoms with Crippen molar-refractivity contribution in [2.24, 2.45) is 17.8 Å². The summed E-state index contributed by atoms with van der Waals surface area (Å²) in [4.78, 5) is 22.8. The Balaban J connectivity index is 2.38. The van der Waals surface area contributed by atoms with Gasteiger partial charge in [-0.25, -0.2) is 0 Å². The van der Waals surface area contributed by atoms with Crippen LogP contribution in [0.2, 0.25) is 0 Å². The lowest BCUT2D eigenvalue weighted by Crippen LogP contribution is -2.50. The quantitative estimate of drug-likeness (QED) is 0.592. The third kappa shape index (κ3) is 1.02. The van der Waals surface area contributed by atoms with Crippen LogP contribution in [0.3, 0.4) is 0 Å². The minimum absolute atomic E-state index is 0.0427. The van der Waals surface area contributed by atoms with Crippen LogP contribution in [0, 0.1) is 17.8 Å². The zero-order valence-electron chi connectivity index (χ0n) is 8.82. The number of ketones is 1. The number of Topliss-reactive ketones (excluding diaryl/α,β-unsaturated/α-hetero) is 1. The Hall–Kier alpha value is -0.700. The molecule has 2 aliphatic heterocycles. The van der Waals surface area contributed by atoms with Gasteiger partial charge in [0.05, 0.1) is 11.7 Å². The molecule has 0 N–H and O–H groups in total. The minimum Gasteiger partial charge on any atom is -0.370 e. The molecule has 78 valence electrons. The van der Waals surface area contributed by atoms with Gasteiger partial charge in [-0.3, -0.25) is 4.79 Å². The summed E-state index contributed by atoms with van der Waals surface area (Å²) in [7, 11) is 0. The summed E-state index contributed by atoms with van der Waals surface area (Å²) in [5.74, 6) is -0.0843. The van der Waals surface area contributed by atoms with E-state index in [2.05, 4.69) is 0 Å². The van der Waals surface area contributed by atoms with Crippen LogP contribution in [0.1, 0.15) is 27.2 Å². The van der Waals surface area contributed by atoms with Crippen LogP contribution in [-0.2, 0) is 14.3 Å². The number of carbonyl (C=O) groups excluding carboxylic acids is 2. The zero-order valence-corrected chi connectivity index (χ0v) is 8.82. The van der Waals surface area contributed by atoms with Crippen LogP contribution in [0.15, 0.2) is 0 Å². The highest BCUT2D eigenvalue weighted by molar-refractivity contribution is 5.86. The second-order valence-electron chi connectivity index (χ2n) is 4.73. The molecule has 14 heavy (non-hydrogen) atoms. The summed E-state index contributed by atoms with van der Waals surface area (Å²) in [6, 6.07) is 0. The highest BCUT2D eigenvalue weighted by Gasteiger charge is 2.57. The zero-order chi connectivity index (χ0) is 10.5. The van der Waals surface area contributed by atoms with Crippen LogP contribution in [0.25, 0.3) is 0 Å². The van der Waals surface area contributed by atoms with E-state index >= 15 is 0 Å². The maximum Gasteiger partial charge on any atom is 0.143 e. The Morgan fingerprint density at radius 2 is 2.14 bits per heavy atom. The van der Waals surface area contributed by atoms with Gasteiger partial charge in [-0.1, -0.05) is 13.8 Å². The van der Waals surface area contributed by atoms with E-state index < -0.39 is 5.60 Å². The van der Waals surface area contributed by atoms with Crippen molar-refractivity contribution in [1.82, 2.24) is 0 Å². The van der Waals surface area contributed by atoms with E-state index in [4.69, 9.17) is 4.74 Å².